The van der Waals surface area contributed by atoms with Crippen LogP contribution >= 0.6 is 0 Å². The largest absolute Gasteiger partial charge is 0.507 e. The van der Waals surface area contributed by atoms with Crippen molar-refractivity contribution in [2.75, 3.05) is 0 Å². The molecule has 1 aromatic rings. The van der Waals surface area contributed by atoms with Gasteiger partial charge < -0.3 is 11.3 Å². The van der Waals surface area contributed by atoms with Gasteiger partial charge in [-0.15, -0.1) is 0 Å². The zero-order chi connectivity index (χ0) is 7.40. The van der Waals surface area contributed by atoms with E-state index in [2.05, 4.69) is 10.0 Å². The fourth-order valence-electron chi connectivity index (χ4n) is 0.597. The molecule has 5 nitrogen and oxygen atoms in total. The second-order valence-corrected chi connectivity index (χ2v) is 1.68. The summed E-state index contributed by atoms with van der Waals surface area (Å²) in [5, 5.41) is 12.2. The molecule has 0 amide bonds. The second-order valence-electron chi connectivity index (χ2n) is 1.68. The van der Waals surface area contributed by atoms with Gasteiger partial charge in [0.05, 0.1) is 5.69 Å². The SMILES string of the molecule is N.[N-]=[N+]=Nc1ccccc1O. The third-order valence-corrected chi connectivity index (χ3v) is 1.03. The van der Waals surface area contributed by atoms with Gasteiger partial charge >= 0.3 is 0 Å². The number of para-hydroxylation sites is 1. The summed E-state index contributed by atoms with van der Waals surface area (Å²) >= 11 is 0. The van der Waals surface area contributed by atoms with Crippen molar-refractivity contribution in [1.29, 1.82) is 0 Å². The van der Waals surface area contributed by atoms with Gasteiger partial charge in [-0.3, -0.25) is 0 Å². The van der Waals surface area contributed by atoms with Crippen LogP contribution in [0.1, 0.15) is 0 Å². The Hall–Kier alpha value is -1.71. The van der Waals surface area contributed by atoms with Crippen LogP contribution in [0.25, 0.3) is 10.4 Å². The predicted octanol–water partition coefficient (Wildman–Crippen LogP) is 2.50. The quantitative estimate of drug-likeness (QED) is 0.366. The van der Waals surface area contributed by atoms with Crippen molar-refractivity contribution < 1.29 is 5.11 Å². The van der Waals surface area contributed by atoms with Crippen molar-refractivity contribution >= 4 is 5.69 Å². The topological polar surface area (TPSA) is 104 Å². The first-order chi connectivity index (χ1) is 4.84. The number of rotatable bonds is 1. The lowest BCUT2D eigenvalue weighted by Crippen LogP contribution is -1.63. The zero-order valence-electron chi connectivity index (χ0n) is 5.81. The highest BCUT2D eigenvalue weighted by Crippen LogP contribution is 2.24. The van der Waals surface area contributed by atoms with E-state index in [-0.39, 0.29) is 17.6 Å². The number of phenols is 1. The molecular formula is C6H8N4O. The molecule has 0 saturated heterocycles. The Balaban J connectivity index is 0.000001000. The molecule has 11 heavy (non-hydrogen) atoms. The first kappa shape index (κ1) is 9.29. The second kappa shape index (κ2) is 4.16. The lowest BCUT2D eigenvalue weighted by atomic mass is 10.3. The molecule has 0 atom stereocenters. The lowest BCUT2D eigenvalue weighted by Gasteiger charge is -1.92. The fraction of sp³-hybridized carbons (Fsp3) is 0. The molecule has 0 spiro atoms. The summed E-state index contributed by atoms with van der Waals surface area (Å²) in [4.78, 5) is 2.53. The Morgan fingerprint density at radius 1 is 1.36 bits per heavy atom. The molecule has 0 aliphatic rings. The molecule has 4 N–H and O–H groups in total. The minimum atomic E-state index is 0. The molecule has 0 bridgehead atoms. The first-order valence-electron chi connectivity index (χ1n) is 2.67. The maximum Gasteiger partial charge on any atom is 0.125 e. The number of hydrogen-bond donors (Lipinski definition) is 2. The van der Waals surface area contributed by atoms with Gasteiger partial charge in [0.2, 0.25) is 0 Å². The van der Waals surface area contributed by atoms with Crippen molar-refractivity contribution in [2.45, 2.75) is 0 Å². The van der Waals surface area contributed by atoms with Crippen LogP contribution in [0.4, 0.5) is 5.69 Å². The molecule has 0 aliphatic carbocycles. The van der Waals surface area contributed by atoms with Crippen LogP contribution in [0.5, 0.6) is 5.75 Å². The maximum atomic E-state index is 8.98. The normalized spacial score (nSPS) is 7.64. The highest BCUT2D eigenvalue weighted by Gasteiger charge is 1.92. The van der Waals surface area contributed by atoms with Gasteiger partial charge in [-0.25, -0.2) is 0 Å². The maximum absolute atomic E-state index is 8.98. The van der Waals surface area contributed by atoms with Crippen LogP contribution in [0, 0.1) is 0 Å². The molecule has 0 radical (unpaired) electrons. The average molecular weight is 152 g/mol. The van der Waals surface area contributed by atoms with Gasteiger partial charge in [-0.1, -0.05) is 17.2 Å². The summed E-state index contributed by atoms with van der Waals surface area (Å²) in [6.45, 7) is 0. The van der Waals surface area contributed by atoms with Crippen LogP contribution in [0.15, 0.2) is 29.4 Å². The van der Waals surface area contributed by atoms with Crippen molar-refractivity contribution in [3.8, 4) is 5.75 Å². The molecule has 5 heteroatoms. The van der Waals surface area contributed by atoms with E-state index < -0.39 is 0 Å². The zero-order valence-corrected chi connectivity index (χ0v) is 5.81. The summed E-state index contributed by atoms with van der Waals surface area (Å²) in [5.41, 5.74) is 8.25. The van der Waals surface area contributed by atoms with Crippen LogP contribution in [0.3, 0.4) is 0 Å². The van der Waals surface area contributed by atoms with Gasteiger partial charge in [-0.05, 0) is 17.7 Å². The highest BCUT2D eigenvalue weighted by molar-refractivity contribution is 5.49. The predicted molar refractivity (Wildman–Crippen MR) is 41.9 cm³/mol. The fourth-order valence-corrected chi connectivity index (χ4v) is 0.597. The summed E-state index contributed by atoms with van der Waals surface area (Å²) in [6.07, 6.45) is 0. The summed E-state index contributed by atoms with van der Waals surface area (Å²) in [7, 11) is 0. The number of phenolic OH excluding ortho intramolecular Hbond substituents is 1. The standard InChI is InChI=1S/C6H5N3O.H3N/c7-9-8-5-3-1-2-4-6(5)10;/h1-4,10H;1H3. The Bertz CT molecular complexity index is 280. The third-order valence-electron chi connectivity index (χ3n) is 1.03. The monoisotopic (exact) mass is 152 g/mol. The Morgan fingerprint density at radius 2 is 2.00 bits per heavy atom. The van der Waals surface area contributed by atoms with Gasteiger partial charge in [-0.2, -0.15) is 0 Å². The van der Waals surface area contributed by atoms with Crippen molar-refractivity contribution in [2.24, 2.45) is 5.11 Å². The minimum Gasteiger partial charge on any atom is -0.507 e. The summed E-state index contributed by atoms with van der Waals surface area (Å²) in [6, 6.07) is 6.34. The number of azide groups is 1. The Labute approximate surface area is 63.5 Å². The lowest BCUT2D eigenvalue weighted by molar-refractivity contribution is 0.477. The van der Waals surface area contributed by atoms with E-state index >= 15 is 0 Å². The Morgan fingerprint density at radius 3 is 2.55 bits per heavy atom. The smallest absolute Gasteiger partial charge is 0.125 e. The molecule has 0 heterocycles. The number of nitrogens with zero attached hydrogens (tertiary/aromatic N) is 3. The van der Waals surface area contributed by atoms with E-state index in [1.807, 2.05) is 0 Å². The van der Waals surface area contributed by atoms with Gasteiger partial charge in [0.1, 0.15) is 5.75 Å². The minimum absolute atomic E-state index is 0. The molecule has 0 aromatic heterocycles. The number of hydrogen-bond acceptors (Lipinski definition) is 3. The van der Waals surface area contributed by atoms with Gasteiger partial charge in [0, 0.05) is 4.91 Å². The van der Waals surface area contributed by atoms with E-state index in [9.17, 15) is 0 Å². The molecular weight excluding hydrogens is 144 g/mol. The third kappa shape index (κ3) is 2.17. The van der Waals surface area contributed by atoms with Gasteiger partial charge in [0.25, 0.3) is 0 Å². The Kier molecular flexibility index (Phi) is 3.51. The van der Waals surface area contributed by atoms with E-state index in [0.717, 1.165) is 0 Å². The van der Waals surface area contributed by atoms with E-state index in [0.29, 0.717) is 0 Å². The molecule has 1 rings (SSSR count). The van der Waals surface area contributed by atoms with Crippen molar-refractivity contribution in [1.82, 2.24) is 6.15 Å². The average Bonchev–Trinajstić information content (AvgIpc) is 1.94. The van der Waals surface area contributed by atoms with Crippen LogP contribution in [0.2, 0.25) is 0 Å². The van der Waals surface area contributed by atoms with Crippen molar-refractivity contribution in [3.63, 3.8) is 0 Å². The molecule has 58 valence electrons. The molecule has 0 fully saturated rings. The van der Waals surface area contributed by atoms with Crippen LogP contribution in [-0.4, -0.2) is 5.11 Å². The van der Waals surface area contributed by atoms with E-state index in [4.69, 9.17) is 10.6 Å². The summed E-state index contributed by atoms with van der Waals surface area (Å²) in [5.74, 6) is 0.000278. The molecule has 0 aliphatic heterocycles. The molecule has 0 unspecified atom stereocenters. The number of aromatic hydroxyl groups is 1. The summed E-state index contributed by atoms with van der Waals surface area (Å²) < 4.78 is 0. The number of benzene rings is 1. The van der Waals surface area contributed by atoms with E-state index in [1.54, 1.807) is 12.1 Å². The van der Waals surface area contributed by atoms with Gasteiger partial charge in [0.15, 0.2) is 0 Å². The van der Waals surface area contributed by atoms with Crippen LogP contribution < -0.4 is 6.15 Å². The molecule has 1 aromatic carbocycles. The van der Waals surface area contributed by atoms with E-state index in [1.165, 1.54) is 12.1 Å². The highest BCUT2D eigenvalue weighted by atomic mass is 16.3. The van der Waals surface area contributed by atoms with Crippen molar-refractivity contribution in [3.05, 3.63) is 34.7 Å². The van der Waals surface area contributed by atoms with Crippen LogP contribution in [-0.2, 0) is 0 Å². The molecule has 0 saturated carbocycles. The first-order valence-corrected chi connectivity index (χ1v) is 2.67.